The van der Waals surface area contributed by atoms with E-state index < -0.39 is 10.0 Å². The second-order valence-electron chi connectivity index (χ2n) is 5.70. The Morgan fingerprint density at radius 2 is 2.20 bits per heavy atom. The van der Waals surface area contributed by atoms with E-state index in [1.807, 2.05) is 0 Å². The average Bonchev–Trinajstić information content (AvgIpc) is 2.33. The lowest BCUT2D eigenvalue weighted by atomic mass is 9.83. The number of hydrogen-bond donors (Lipinski definition) is 1. The van der Waals surface area contributed by atoms with Crippen molar-refractivity contribution in [3.8, 4) is 0 Å². The van der Waals surface area contributed by atoms with Gasteiger partial charge in [-0.25, -0.2) is 13.1 Å². The molecule has 0 aromatic carbocycles. The van der Waals surface area contributed by atoms with Crippen molar-refractivity contribution in [2.75, 3.05) is 46.2 Å². The van der Waals surface area contributed by atoms with Gasteiger partial charge < -0.3 is 14.4 Å². The first-order valence-corrected chi connectivity index (χ1v) is 8.58. The van der Waals surface area contributed by atoms with Crippen LogP contribution in [0, 0.1) is 5.92 Å². The van der Waals surface area contributed by atoms with Crippen LogP contribution in [0.15, 0.2) is 0 Å². The minimum absolute atomic E-state index is 0.0115. The zero-order valence-electron chi connectivity index (χ0n) is 11.9. The van der Waals surface area contributed by atoms with Crippen LogP contribution in [0.3, 0.4) is 0 Å². The minimum Gasteiger partial charge on any atom is -0.375 e. The molecule has 0 aromatic rings. The number of amides is 1. The zero-order valence-corrected chi connectivity index (χ0v) is 12.7. The molecule has 8 heteroatoms. The molecule has 116 valence electrons. The van der Waals surface area contributed by atoms with Crippen molar-refractivity contribution >= 4 is 15.9 Å². The molecule has 1 amide bonds. The molecule has 0 aromatic heterocycles. The monoisotopic (exact) mass is 306 g/mol. The van der Waals surface area contributed by atoms with Crippen LogP contribution in [0.4, 0.5) is 0 Å². The molecule has 2 aliphatic heterocycles. The van der Waals surface area contributed by atoms with Crippen LogP contribution in [-0.4, -0.2) is 71.0 Å². The molecular weight excluding hydrogens is 284 g/mol. The predicted molar refractivity (Wildman–Crippen MR) is 72.7 cm³/mol. The number of ether oxygens (including phenoxy) is 2. The highest BCUT2D eigenvalue weighted by Gasteiger charge is 2.48. The van der Waals surface area contributed by atoms with E-state index in [2.05, 4.69) is 4.72 Å². The highest BCUT2D eigenvalue weighted by molar-refractivity contribution is 7.88. The van der Waals surface area contributed by atoms with E-state index in [4.69, 9.17) is 9.47 Å². The molecule has 2 rings (SSSR count). The first-order valence-electron chi connectivity index (χ1n) is 6.69. The third kappa shape index (κ3) is 3.91. The first-order chi connectivity index (χ1) is 9.34. The van der Waals surface area contributed by atoms with Crippen LogP contribution >= 0.6 is 0 Å². The van der Waals surface area contributed by atoms with Gasteiger partial charge in [0, 0.05) is 13.7 Å². The minimum atomic E-state index is -3.14. The number of carbonyl (C=O) groups is 1. The molecule has 0 saturated carbocycles. The Morgan fingerprint density at radius 1 is 1.50 bits per heavy atom. The normalized spacial score (nSPS) is 25.5. The summed E-state index contributed by atoms with van der Waals surface area (Å²) >= 11 is 0. The standard InChI is InChI=1S/C12H22N2O5S/c1-18-7-11(15)14-8-12(9-14)4-3-10(6-19-12)5-13-20(2,16)17/h10,13H,3-9H2,1-2H3. The zero-order chi connectivity index (χ0) is 14.8. The highest BCUT2D eigenvalue weighted by atomic mass is 32.2. The maximum absolute atomic E-state index is 11.6. The molecule has 1 unspecified atom stereocenters. The second-order valence-corrected chi connectivity index (χ2v) is 7.54. The van der Waals surface area contributed by atoms with Gasteiger partial charge in [-0.3, -0.25) is 4.79 Å². The van der Waals surface area contributed by atoms with E-state index in [1.165, 1.54) is 7.11 Å². The molecule has 20 heavy (non-hydrogen) atoms. The van der Waals surface area contributed by atoms with Gasteiger partial charge in [0.1, 0.15) is 12.2 Å². The van der Waals surface area contributed by atoms with Crippen LogP contribution in [0.25, 0.3) is 0 Å². The fraction of sp³-hybridized carbons (Fsp3) is 0.917. The van der Waals surface area contributed by atoms with Crippen LogP contribution < -0.4 is 4.72 Å². The molecule has 2 saturated heterocycles. The summed E-state index contributed by atoms with van der Waals surface area (Å²) in [5.41, 5.74) is -0.217. The van der Waals surface area contributed by atoms with E-state index in [-0.39, 0.29) is 24.0 Å². The average molecular weight is 306 g/mol. The highest BCUT2D eigenvalue weighted by Crippen LogP contribution is 2.35. The fourth-order valence-corrected chi connectivity index (χ4v) is 3.18. The Bertz CT molecular complexity index is 448. The molecule has 1 spiro atoms. The van der Waals surface area contributed by atoms with Gasteiger partial charge in [-0.05, 0) is 18.8 Å². The van der Waals surface area contributed by atoms with E-state index in [0.29, 0.717) is 26.2 Å². The van der Waals surface area contributed by atoms with Gasteiger partial charge >= 0.3 is 0 Å². The van der Waals surface area contributed by atoms with Gasteiger partial charge in [0.05, 0.1) is 26.0 Å². The van der Waals surface area contributed by atoms with Crippen LogP contribution in [0.5, 0.6) is 0 Å². The molecule has 0 radical (unpaired) electrons. The second kappa shape index (κ2) is 5.97. The third-order valence-electron chi connectivity index (χ3n) is 3.85. The topological polar surface area (TPSA) is 84.9 Å². The lowest BCUT2D eigenvalue weighted by Crippen LogP contribution is -2.67. The molecule has 2 fully saturated rings. The summed E-state index contributed by atoms with van der Waals surface area (Å²) in [6.45, 7) is 2.29. The maximum atomic E-state index is 11.6. The number of sulfonamides is 1. The molecule has 7 nitrogen and oxygen atoms in total. The van der Waals surface area contributed by atoms with Crippen LogP contribution in [0.1, 0.15) is 12.8 Å². The fourth-order valence-electron chi connectivity index (χ4n) is 2.64. The van der Waals surface area contributed by atoms with E-state index in [1.54, 1.807) is 4.90 Å². The van der Waals surface area contributed by atoms with Gasteiger partial charge in [-0.1, -0.05) is 0 Å². The summed E-state index contributed by atoms with van der Waals surface area (Å²) in [7, 11) is -1.64. The first kappa shape index (κ1) is 15.7. The van der Waals surface area contributed by atoms with Gasteiger partial charge in [-0.2, -0.15) is 0 Å². The SMILES string of the molecule is COCC(=O)N1CC2(CCC(CNS(C)(=O)=O)CO2)C1. The summed E-state index contributed by atoms with van der Waals surface area (Å²) in [5.74, 6) is 0.196. The Kier molecular flexibility index (Phi) is 4.68. The van der Waals surface area contributed by atoms with Crippen molar-refractivity contribution < 1.29 is 22.7 Å². The summed E-state index contributed by atoms with van der Waals surface area (Å²) in [5, 5.41) is 0. The summed E-state index contributed by atoms with van der Waals surface area (Å²) < 4.78 is 35.3. The number of nitrogens with one attached hydrogen (secondary N) is 1. The molecule has 2 aliphatic rings. The van der Waals surface area contributed by atoms with Crippen molar-refractivity contribution in [1.29, 1.82) is 0 Å². The molecule has 2 heterocycles. The molecule has 1 atom stereocenters. The lowest BCUT2D eigenvalue weighted by molar-refractivity contribution is -0.190. The Hall–Kier alpha value is -0.700. The van der Waals surface area contributed by atoms with Crippen molar-refractivity contribution in [2.45, 2.75) is 18.4 Å². The molecule has 1 N–H and O–H groups in total. The van der Waals surface area contributed by atoms with E-state index in [0.717, 1.165) is 19.1 Å². The van der Waals surface area contributed by atoms with Gasteiger partial charge in [0.25, 0.3) is 0 Å². The molecular formula is C12H22N2O5S. The predicted octanol–water partition coefficient (Wildman–Crippen LogP) is -0.810. The van der Waals surface area contributed by atoms with Crippen molar-refractivity contribution in [3.05, 3.63) is 0 Å². The van der Waals surface area contributed by atoms with Gasteiger partial charge in [-0.15, -0.1) is 0 Å². The number of methoxy groups -OCH3 is 1. The Balaban J connectivity index is 1.72. The number of hydrogen-bond acceptors (Lipinski definition) is 5. The van der Waals surface area contributed by atoms with Gasteiger partial charge in [0.2, 0.25) is 15.9 Å². The Morgan fingerprint density at radius 3 is 2.70 bits per heavy atom. The van der Waals surface area contributed by atoms with E-state index in [9.17, 15) is 13.2 Å². The summed E-state index contributed by atoms with van der Waals surface area (Å²) in [6.07, 6.45) is 2.93. The Labute approximate surface area is 119 Å². The number of rotatable bonds is 5. The van der Waals surface area contributed by atoms with Crippen molar-refractivity contribution in [1.82, 2.24) is 9.62 Å². The van der Waals surface area contributed by atoms with Crippen molar-refractivity contribution in [3.63, 3.8) is 0 Å². The van der Waals surface area contributed by atoms with E-state index >= 15 is 0 Å². The number of carbonyl (C=O) groups excluding carboxylic acids is 1. The number of nitrogens with zero attached hydrogens (tertiary/aromatic N) is 1. The number of likely N-dealkylation sites (tertiary alicyclic amines) is 1. The largest absolute Gasteiger partial charge is 0.375 e. The van der Waals surface area contributed by atoms with Gasteiger partial charge in [0.15, 0.2) is 0 Å². The maximum Gasteiger partial charge on any atom is 0.248 e. The van der Waals surface area contributed by atoms with Crippen LogP contribution in [-0.2, 0) is 24.3 Å². The smallest absolute Gasteiger partial charge is 0.248 e. The lowest BCUT2D eigenvalue weighted by Gasteiger charge is -2.52. The third-order valence-corrected chi connectivity index (χ3v) is 4.54. The molecule has 0 bridgehead atoms. The quantitative estimate of drug-likeness (QED) is 0.718. The molecule has 0 aliphatic carbocycles. The van der Waals surface area contributed by atoms with Crippen LogP contribution in [0.2, 0.25) is 0 Å². The van der Waals surface area contributed by atoms with Crippen molar-refractivity contribution in [2.24, 2.45) is 5.92 Å². The summed E-state index contributed by atoms with van der Waals surface area (Å²) in [6, 6.07) is 0. The summed E-state index contributed by atoms with van der Waals surface area (Å²) in [4.78, 5) is 13.3.